The minimum absolute atomic E-state index is 0.0311. The smallest absolute Gasteiger partial charge is 0.289 e. The first-order valence-electron chi connectivity index (χ1n) is 5.82. The molecule has 4 nitrogen and oxygen atoms in total. The Morgan fingerprint density at radius 3 is 3.25 bits per heavy atom. The van der Waals surface area contributed by atoms with Crippen LogP contribution in [0.15, 0.2) is 22.8 Å². The van der Waals surface area contributed by atoms with Crippen molar-refractivity contribution in [2.75, 3.05) is 20.1 Å². The lowest BCUT2D eigenvalue weighted by Gasteiger charge is -2.23. The fourth-order valence-electron chi connectivity index (χ4n) is 2.26. The Morgan fingerprint density at radius 1 is 1.69 bits per heavy atom. The molecule has 2 heterocycles. The maximum absolute atomic E-state index is 12.1. The van der Waals surface area contributed by atoms with E-state index in [9.17, 15) is 4.79 Å². The minimum atomic E-state index is 0.0311. The van der Waals surface area contributed by atoms with Crippen molar-refractivity contribution in [3.8, 4) is 0 Å². The molecule has 16 heavy (non-hydrogen) atoms. The van der Waals surface area contributed by atoms with Gasteiger partial charge in [0.05, 0.1) is 6.26 Å². The van der Waals surface area contributed by atoms with Crippen LogP contribution in [0.4, 0.5) is 0 Å². The minimum Gasteiger partial charge on any atom is -0.459 e. The molecule has 1 N–H and O–H groups in total. The van der Waals surface area contributed by atoms with Crippen molar-refractivity contribution in [3.63, 3.8) is 0 Å². The van der Waals surface area contributed by atoms with Gasteiger partial charge in [0.25, 0.3) is 5.91 Å². The molecule has 1 atom stereocenters. The molecule has 4 heteroatoms. The summed E-state index contributed by atoms with van der Waals surface area (Å²) in [6.07, 6.45) is 4.77. The number of hydrogen-bond donors (Lipinski definition) is 1. The first-order valence-corrected chi connectivity index (χ1v) is 5.82. The second-order valence-corrected chi connectivity index (χ2v) is 4.16. The topological polar surface area (TPSA) is 45.5 Å². The van der Waals surface area contributed by atoms with Gasteiger partial charge >= 0.3 is 0 Å². The Kier molecular flexibility index (Phi) is 3.62. The van der Waals surface area contributed by atoms with E-state index in [-0.39, 0.29) is 5.91 Å². The predicted octanol–water partition coefficient (Wildman–Crippen LogP) is 1.49. The highest BCUT2D eigenvalue weighted by atomic mass is 16.3. The maximum atomic E-state index is 12.1. The normalized spacial score (nSPS) is 20.3. The molecule has 0 aromatic carbocycles. The van der Waals surface area contributed by atoms with Crippen LogP contribution in [0.25, 0.3) is 0 Å². The summed E-state index contributed by atoms with van der Waals surface area (Å²) in [7, 11) is 1.94. The highest BCUT2D eigenvalue weighted by Gasteiger charge is 2.29. The lowest BCUT2D eigenvalue weighted by Crippen LogP contribution is -2.36. The Balaban J connectivity index is 1.99. The summed E-state index contributed by atoms with van der Waals surface area (Å²) < 4.78 is 5.15. The number of furan rings is 1. The number of hydrogen-bond acceptors (Lipinski definition) is 3. The first kappa shape index (κ1) is 11.2. The number of likely N-dealkylation sites (tertiary alicyclic amines) is 1. The van der Waals surface area contributed by atoms with E-state index in [0.717, 1.165) is 32.4 Å². The van der Waals surface area contributed by atoms with E-state index in [1.807, 2.05) is 11.9 Å². The maximum Gasteiger partial charge on any atom is 0.289 e. The summed E-state index contributed by atoms with van der Waals surface area (Å²) in [6.45, 7) is 1.81. The van der Waals surface area contributed by atoms with Gasteiger partial charge in [0, 0.05) is 12.6 Å². The molecule has 0 spiro atoms. The number of nitrogens with one attached hydrogen (secondary N) is 1. The van der Waals surface area contributed by atoms with E-state index in [1.165, 1.54) is 0 Å². The molecule has 0 saturated carbocycles. The van der Waals surface area contributed by atoms with Crippen LogP contribution in [0.1, 0.15) is 29.8 Å². The van der Waals surface area contributed by atoms with E-state index in [1.54, 1.807) is 18.4 Å². The molecular formula is C12H18N2O2. The molecule has 0 bridgehead atoms. The largest absolute Gasteiger partial charge is 0.459 e. The lowest BCUT2D eigenvalue weighted by molar-refractivity contribution is 0.0698. The molecule has 1 saturated heterocycles. The van der Waals surface area contributed by atoms with Crippen LogP contribution in [0.5, 0.6) is 0 Å². The van der Waals surface area contributed by atoms with Crippen molar-refractivity contribution < 1.29 is 9.21 Å². The lowest BCUT2D eigenvalue weighted by atomic mass is 10.1. The molecule has 1 unspecified atom stereocenters. The monoisotopic (exact) mass is 222 g/mol. The van der Waals surface area contributed by atoms with E-state index in [0.29, 0.717) is 11.8 Å². The van der Waals surface area contributed by atoms with Gasteiger partial charge in [-0.15, -0.1) is 0 Å². The van der Waals surface area contributed by atoms with Gasteiger partial charge in [0.1, 0.15) is 0 Å². The summed E-state index contributed by atoms with van der Waals surface area (Å²) in [5, 5.41) is 3.13. The van der Waals surface area contributed by atoms with Gasteiger partial charge in [-0.05, 0) is 45.0 Å². The standard InChI is InChI=1S/C12H18N2O2/c1-13-7-6-10-4-2-8-14(10)12(15)11-5-3-9-16-11/h3,5,9-10,13H,2,4,6-8H2,1H3. The second-order valence-electron chi connectivity index (χ2n) is 4.16. The highest BCUT2D eigenvalue weighted by Crippen LogP contribution is 2.22. The molecule has 1 amide bonds. The quantitative estimate of drug-likeness (QED) is 0.839. The molecule has 0 radical (unpaired) electrons. The van der Waals surface area contributed by atoms with Crippen LogP contribution >= 0.6 is 0 Å². The molecular weight excluding hydrogens is 204 g/mol. The van der Waals surface area contributed by atoms with Gasteiger partial charge in [-0.3, -0.25) is 4.79 Å². The van der Waals surface area contributed by atoms with Crippen molar-refractivity contribution in [1.29, 1.82) is 0 Å². The van der Waals surface area contributed by atoms with Gasteiger partial charge in [-0.2, -0.15) is 0 Å². The summed E-state index contributed by atoms with van der Waals surface area (Å²) in [5.41, 5.74) is 0. The molecule has 1 aliphatic heterocycles. The first-order chi connectivity index (χ1) is 7.83. The molecule has 1 aromatic rings. The fourth-order valence-corrected chi connectivity index (χ4v) is 2.26. The van der Waals surface area contributed by atoms with Gasteiger partial charge < -0.3 is 14.6 Å². The van der Waals surface area contributed by atoms with Crippen LogP contribution in [0.3, 0.4) is 0 Å². The number of amides is 1. The van der Waals surface area contributed by atoms with Crippen LogP contribution in [-0.4, -0.2) is 37.0 Å². The van der Waals surface area contributed by atoms with Gasteiger partial charge in [0.2, 0.25) is 0 Å². The Labute approximate surface area is 95.6 Å². The Hall–Kier alpha value is -1.29. The van der Waals surface area contributed by atoms with Crippen LogP contribution in [0.2, 0.25) is 0 Å². The van der Waals surface area contributed by atoms with Crippen molar-refractivity contribution in [2.45, 2.75) is 25.3 Å². The van der Waals surface area contributed by atoms with Crippen molar-refractivity contribution in [2.24, 2.45) is 0 Å². The summed E-state index contributed by atoms with van der Waals surface area (Å²) >= 11 is 0. The van der Waals surface area contributed by atoms with E-state index in [2.05, 4.69) is 5.32 Å². The van der Waals surface area contributed by atoms with E-state index in [4.69, 9.17) is 4.42 Å². The molecule has 1 fully saturated rings. The average molecular weight is 222 g/mol. The Morgan fingerprint density at radius 2 is 2.56 bits per heavy atom. The van der Waals surface area contributed by atoms with Gasteiger partial charge in [0.15, 0.2) is 5.76 Å². The van der Waals surface area contributed by atoms with Gasteiger partial charge in [-0.1, -0.05) is 0 Å². The third-order valence-electron chi connectivity index (χ3n) is 3.10. The number of carbonyl (C=O) groups excluding carboxylic acids is 1. The number of nitrogens with zero attached hydrogens (tertiary/aromatic N) is 1. The zero-order valence-electron chi connectivity index (χ0n) is 9.61. The molecule has 0 aliphatic carbocycles. The second kappa shape index (κ2) is 5.16. The predicted molar refractivity (Wildman–Crippen MR) is 61.3 cm³/mol. The zero-order chi connectivity index (χ0) is 11.4. The third-order valence-corrected chi connectivity index (χ3v) is 3.10. The SMILES string of the molecule is CNCCC1CCCN1C(=O)c1ccco1. The van der Waals surface area contributed by atoms with Crippen molar-refractivity contribution >= 4 is 5.91 Å². The zero-order valence-corrected chi connectivity index (χ0v) is 9.61. The van der Waals surface area contributed by atoms with Gasteiger partial charge in [-0.25, -0.2) is 0 Å². The third kappa shape index (κ3) is 2.27. The molecule has 88 valence electrons. The number of rotatable bonds is 4. The van der Waals surface area contributed by atoms with Crippen LogP contribution in [-0.2, 0) is 0 Å². The summed E-state index contributed by atoms with van der Waals surface area (Å²) in [6, 6.07) is 3.85. The molecule has 1 aliphatic rings. The van der Waals surface area contributed by atoms with Crippen LogP contribution < -0.4 is 5.32 Å². The fraction of sp³-hybridized carbons (Fsp3) is 0.583. The summed E-state index contributed by atoms with van der Waals surface area (Å²) in [4.78, 5) is 14.0. The highest BCUT2D eigenvalue weighted by molar-refractivity contribution is 5.91. The average Bonchev–Trinajstić information content (AvgIpc) is 2.96. The summed E-state index contributed by atoms with van der Waals surface area (Å²) in [5.74, 6) is 0.486. The van der Waals surface area contributed by atoms with Crippen molar-refractivity contribution in [3.05, 3.63) is 24.2 Å². The number of carbonyl (C=O) groups is 1. The van der Waals surface area contributed by atoms with E-state index < -0.39 is 0 Å². The molecule has 1 aromatic heterocycles. The van der Waals surface area contributed by atoms with Crippen molar-refractivity contribution in [1.82, 2.24) is 10.2 Å². The van der Waals surface area contributed by atoms with E-state index >= 15 is 0 Å². The van der Waals surface area contributed by atoms with Crippen LogP contribution in [0, 0.1) is 0 Å². The molecule has 2 rings (SSSR count). The Bertz CT molecular complexity index is 335.